The van der Waals surface area contributed by atoms with Gasteiger partial charge in [0.2, 0.25) is 0 Å². The predicted molar refractivity (Wildman–Crippen MR) is 84.9 cm³/mol. The van der Waals surface area contributed by atoms with E-state index in [0.717, 1.165) is 15.5 Å². The molecule has 0 atom stereocenters. The van der Waals surface area contributed by atoms with Crippen molar-refractivity contribution >= 4 is 55.1 Å². The summed E-state index contributed by atoms with van der Waals surface area (Å²) < 4.78 is 3.51. The van der Waals surface area contributed by atoms with Crippen LogP contribution in [0.4, 0.5) is 5.69 Å². The molecule has 1 aromatic carbocycles. The third-order valence-corrected chi connectivity index (χ3v) is 4.26. The van der Waals surface area contributed by atoms with Crippen LogP contribution in [0.1, 0.15) is 17.4 Å². The van der Waals surface area contributed by atoms with Crippen molar-refractivity contribution in [2.24, 2.45) is 0 Å². The van der Waals surface area contributed by atoms with Crippen LogP contribution in [-0.4, -0.2) is 10.5 Å². The molecule has 0 aliphatic carbocycles. The molecule has 100 valence electrons. The number of aryl methyl sites for hydroxylation is 1. The average molecular weight is 407 g/mol. The van der Waals surface area contributed by atoms with Crippen molar-refractivity contribution in [3.8, 4) is 0 Å². The highest BCUT2D eigenvalue weighted by atomic mass is 79.9. The molecule has 6 heteroatoms. The summed E-state index contributed by atoms with van der Waals surface area (Å²) in [6, 6.07) is 7.06. The van der Waals surface area contributed by atoms with Crippen LogP contribution in [0.3, 0.4) is 0 Å². The van der Waals surface area contributed by atoms with Gasteiger partial charge in [0.15, 0.2) is 0 Å². The highest BCUT2D eigenvalue weighted by Crippen LogP contribution is 2.26. The number of benzene rings is 1. The van der Waals surface area contributed by atoms with E-state index in [9.17, 15) is 4.79 Å². The second-order valence-electron chi connectivity index (χ2n) is 3.91. The molecule has 1 aromatic heterocycles. The van der Waals surface area contributed by atoms with Gasteiger partial charge in [-0.2, -0.15) is 0 Å². The van der Waals surface area contributed by atoms with Crippen molar-refractivity contribution in [2.45, 2.75) is 13.5 Å². The van der Waals surface area contributed by atoms with Crippen molar-refractivity contribution in [3.63, 3.8) is 0 Å². The SMILES string of the molecule is CCn1cc(Br)cc1C(=O)Nc1ccc(Cl)c(Br)c1. The van der Waals surface area contributed by atoms with Crippen LogP contribution in [0.15, 0.2) is 39.4 Å². The Labute approximate surface area is 133 Å². The summed E-state index contributed by atoms with van der Waals surface area (Å²) in [5.74, 6) is -0.151. The van der Waals surface area contributed by atoms with Crippen molar-refractivity contribution in [1.29, 1.82) is 0 Å². The Bertz CT molecular complexity index is 625. The smallest absolute Gasteiger partial charge is 0.272 e. The molecule has 2 aromatic rings. The van der Waals surface area contributed by atoms with Gasteiger partial charge in [-0.15, -0.1) is 0 Å². The van der Waals surface area contributed by atoms with Gasteiger partial charge in [0.05, 0.1) is 5.02 Å². The lowest BCUT2D eigenvalue weighted by molar-refractivity contribution is 0.101. The minimum absolute atomic E-state index is 0.151. The Balaban J connectivity index is 2.22. The third kappa shape index (κ3) is 3.41. The monoisotopic (exact) mass is 404 g/mol. The van der Waals surface area contributed by atoms with Crippen molar-refractivity contribution in [1.82, 2.24) is 4.57 Å². The molecule has 0 saturated heterocycles. The second-order valence-corrected chi connectivity index (χ2v) is 6.09. The highest BCUT2D eigenvalue weighted by molar-refractivity contribution is 9.10. The molecule has 0 aliphatic heterocycles. The van der Waals surface area contributed by atoms with Gasteiger partial charge in [-0.3, -0.25) is 4.79 Å². The first-order valence-corrected chi connectivity index (χ1v) is 7.59. The Morgan fingerprint density at radius 2 is 2.11 bits per heavy atom. The lowest BCUT2D eigenvalue weighted by Gasteiger charge is -2.08. The quantitative estimate of drug-likeness (QED) is 0.770. The molecule has 3 nitrogen and oxygen atoms in total. The number of hydrogen-bond acceptors (Lipinski definition) is 1. The molecular weight excluding hydrogens is 395 g/mol. The Kier molecular flexibility index (Phi) is 4.71. The Morgan fingerprint density at radius 3 is 2.74 bits per heavy atom. The minimum atomic E-state index is -0.151. The molecule has 19 heavy (non-hydrogen) atoms. The first kappa shape index (κ1) is 14.6. The van der Waals surface area contributed by atoms with Gasteiger partial charge in [-0.25, -0.2) is 0 Å². The van der Waals surface area contributed by atoms with E-state index in [1.165, 1.54) is 0 Å². The molecule has 0 saturated carbocycles. The standard InChI is InChI=1S/C13H11Br2ClN2O/c1-2-18-7-8(14)5-12(18)13(19)17-9-3-4-11(16)10(15)6-9/h3-7H,2H2,1H3,(H,17,19). The second kappa shape index (κ2) is 6.11. The molecule has 0 aliphatic rings. The van der Waals surface area contributed by atoms with E-state index in [2.05, 4.69) is 37.2 Å². The van der Waals surface area contributed by atoms with E-state index in [-0.39, 0.29) is 5.91 Å². The number of aromatic nitrogens is 1. The zero-order valence-corrected chi connectivity index (χ0v) is 14.0. The van der Waals surface area contributed by atoms with Gasteiger partial charge in [-0.05, 0) is 63.0 Å². The molecule has 0 spiro atoms. The average Bonchev–Trinajstić information content (AvgIpc) is 2.75. The van der Waals surface area contributed by atoms with Gasteiger partial charge in [-0.1, -0.05) is 11.6 Å². The normalized spacial score (nSPS) is 10.5. The summed E-state index contributed by atoms with van der Waals surface area (Å²) in [4.78, 5) is 12.2. The summed E-state index contributed by atoms with van der Waals surface area (Å²) in [6.45, 7) is 2.72. The summed E-state index contributed by atoms with van der Waals surface area (Å²) in [6.07, 6.45) is 1.88. The van der Waals surface area contributed by atoms with E-state index in [4.69, 9.17) is 11.6 Å². The summed E-state index contributed by atoms with van der Waals surface area (Å²) in [7, 11) is 0. The number of carbonyl (C=O) groups is 1. The van der Waals surface area contributed by atoms with Crippen molar-refractivity contribution < 1.29 is 4.79 Å². The number of amides is 1. The number of nitrogens with zero attached hydrogens (tertiary/aromatic N) is 1. The third-order valence-electron chi connectivity index (χ3n) is 2.61. The van der Waals surface area contributed by atoms with Crippen LogP contribution < -0.4 is 5.32 Å². The number of carbonyl (C=O) groups excluding carboxylic acids is 1. The maximum absolute atomic E-state index is 12.2. The van der Waals surface area contributed by atoms with E-state index in [1.54, 1.807) is 24.3 Å². The van der Waals surface area contributed by atoms with Crippen LogP contribution in [0.5, 0.6) is 0 Å². The van der Waals surface area contributed by atoms with Gasteiger partial charge in [0, 0.05) is 27.4 Å². The zero-order chi connectivity index (χ0) is 14.0. The fraction of sp³-hybridized carbons (Fsp3) is 0.154. The van der Waals surface area contributed by atoms with Crippen LogP contribution in [-0.2, 0) is 6.54 Å². The lowest BCUT2D eigenvalue weighted by atomic mass is 10.3. The van der Waals surface area contributed by atoms with E-state index < -0.39 is 0 Å². The number of anilines is 1. The maximum Gasteiger partial charge on any atom is 0.272 e. The Hall–Kier alpha value is -0.780. The van der Waals surface area contributed by atoms with E-state index in [0.29, 0.717) is 16.4 Å². The molecular formula is C13H11Br2ClN2O. The number of rotatable bonds is 3. The molecule has 0 bridgehead atoms. The van der Waals surface area contributed by atoms with Crippen molar-refractivity contribution in [3.05, 3.63) is 50.1 Å². The lowest BCUT2D eigenvalue weighted by Crippen LogP contribution is -2.16. The van der Waals surface area contributed by atoms with Crippen LogP contribution in [0.25, 0.3) is 0 Å². The van der Waals surface area contributed by atoms with Crippen molar-refractivity contribution in [2.75, 3.05) is 5.32 Å². The number of nitrogens with one attached hydrogen (secondary N) is 1. The fourth-order valence-electron chi connectivity index (χ4n) is 1.70. The van der Waals surface area contributed by atoms with Gasteiger partial charge < -0.3 is 9.88 Å². The predicted octanol–water partition coefficient (Wildman–Crippen LogP) is 4.94. The molecule has 1 heterocycles. The minimum Gasteiger partial charge on any atom is -0.343 e. The van der Waals surface area contributed by atoms with Gasteiger partial charge in [0.1, 0.15) is 5.69 Å². The molecule has 0 radical (unpaired) electrons. The molecule has 0 unspecified atom stereocenters. The number of halogens is 3. The van der Waals surface area contributed by atoms with Gasteiger partial charge >= 0.3 is 0 Å². The Morgan fingerprint density at radius 1 is 1.37 bits per heavy atom. The fourth-order valence-corrected chi connectivity index (χ4v) is 2.66. The largest absolute Gasteiger partial charge is 0.343 e. The number of hydrogen-bond donors (Lipinski definition) is 1. The topological polar surface area (TPSA) is 34.0 Å². The van der Waals surface area contributed by atoms with E-state index in [1.807, 2.05) is 17.7 Å². The summed E-state index contributed by atoms with van der Waals surface area (Å²) in [5, 5.41) is 3.45. The summed E-state index contributed by atoms with van der Waals surface area (Å²) in [5.41, 5.74) is 1.31. The molecule has 1 amide bonds. The maximum atomic E-state index is 12.2. The van der Waals surface area contributed by atoms with Crippen LogP contribution in [0.2, 0.25) is 5.02 Å². The van der Waals surface area contributed by atoms with Crippen LogP contribution in [0, 0.1) is 0 Å². The van der Waals surface area contributed by atoms with Gasteiger partial charge in [0.25, 0.3) is 5.91 Å². The first-order valence-electron chi connectivity index (χ1n) is 5.63. The highest BCUT2D eigenvalue weighted by Gasteiger charge is 2.12. The molecule has 2 rings (SSSR count). The zero-order valence-electron chi connectivity index (χ0n) is 10.1. The van der Waals surface area contributed by atoms with E-state index >= 15 is 0 Å². The first-order chi connectivity index (χ1) is 9.01. The molecule has 0 fully saturated rings. The summed E-state index contributed by atoms with van der Waals surface area (Å²) >= 11 is 12.6. The molecule has 1 N–H and O–H groups in total. The van der Waals surface area contributed by atoms with Crippen LogP contribution >= 0.6 is 43.5 Å².